The molecule has 1 N–H and O–H groups in total. The Morgan fingerprint density at radius 2 is 2.33 bits per heavy atom. The first-order chi connectivity index (χ1) is 8.65. The SMILES string of the molecule is Cn1ccc(CCNC(=O)c2cncc(Cl)n2)n1. The molecule has 0 saturated carbocycles. The number of aromatic nitrogens is 4. The molecule has 1 amide bonds. The average molecular weight is 266 g/mol. The molecule has 0 aliphatic rings. The fourth-order valence-electron chi connectivity index (χ4n) is 1.44. The Morgan fingerprint density at radius 1 is 1.50 bits per heavy atom. The molecule has 0 bridgehead atoms. The van der Waals surface area contributed by atoms with Gasteiger partial charge >= 0.3 is 0 Å². The fourth-order valence-corrected chi connectivity index (χ4v) is 1.59. The second kappa shape index (κ2) is 5.59. The van der Waals surface area contributed by atoms with Crippen molar-refractivity contribution in [3.05, 3.63) is 41.2 Å². The van der Waals surface area contributed by atoms with Crippen LogP contribution < -0.4 is 5.32 Å². The van der Waals surface area contributed by atoms with E-state index in [9.17, 15) is 4.79 Å². The van der Waals surface area contributed by atoms with Gasteiger partial charge in [-0.05, 0) is 6.07 Å². The Balaban J connectivity index is 1.85. The summed E-state index contributed by atoms with van der Waals surface area (Å²) in [5.41, 5.74) is 1.14. The van der Waals surface area contributed by atoms with E-state index >= 15 is 0 Å². The highest BCUT2D eigenvalue weighted by molar-refractivity contribution is 6.29. The lowest BCUT2D eigenvalue weighted by Crippen LogP contribution is -2.26. The van der Waals surface area contributed by atoms with Crippen LogP contribution in [-0.4, -0.2) is 32.2 Å². The van der Waals surface area contributed by atoms with E-state index in [1.54, 1.807) is 4.68 Å². The quantitative estimate of drug-likeness (QED) is 0.889. The molecule has 6 nitrogen and oxygen atoms in total. The van der Waals surface area contributed by atoms with E-state index in [4.69, 9.17) is 11.6 Å². The van der Waals surface area contributed by atoms with E-state index in [0.29, 0.717) is 13.0 Å². The number of hydrogen-bond acceptors (Lipinski definition) is 4. The molecule has 0 aromatic carbocycles. The molecule has 0 aliphatic heterocycles. The van der Waals surface area contributed by atoms with Crippen LogP contribution in [0.4, 0.5) is 0 Å². The van der Waals surface area contributed by atoms with E-state index in [1.807, 2.05) is 19.3 Å². The minimum Gasteiger partial charge on any atom is -0.350 e. The maximum Gasteiger partial charge on any atom is 0.271 e. The predicted octanol–water partition coefficient (Wildman–Crippen LogP) is 0.836. The number of hydrogen-bond donors (Lipinski definition) is 1. The summed E-state index contributed by atoms with van der Waals surface area (Å²) in [6, 6.07) is 1.91. The number of rotatable bonds is 4. The lowest BCUT2D eigenvalue weighted by molar-refractivity contribution is 0.0948. The monoisotopic (exact) mass is 265 g/mol. The Kier molecular flexibility index (Phi) is 3.88. The molecule has 0 aliphatic carbocycles. The minimum absolute atomic E-state index is 0.201. The topological polar surface area (TPSA) is 72.7 Å². The summed E-state index contributed by atoms with van der Waals surface area (Å²) < 4.78 is 1.72. The maximum absolute atomic E-state index is 11.7. The van der Waals surface area contributed by atoms with Gasteiger partial charge in [-0.3, -0.25) is 14.5 Å². The molecule has 2 heterocycles. The molecule has 2 rings (SSSR count). The highest BCUT2D eigenvalue weighted by atomic mass is 35.5. The van der Waals surface area contributed by atoms with Gasteiger partial charge in [-0.25, -0.2) is 4.98 Å². The van der Waals surface area contributed by atoms with Gasteiger partial charge in [0.15, 0.2) is 0 Å². The van der Waals surface area contributed by atoms with Crippen LogP contribution in [-0.2, 0) is 13.5 Å². The summed E-state index contributed by atoms with van der Waals surface area (Å²) in [6.07, 6.45) is 5.29. The van der Waals surface area contributed by atoms with Crippen molar-refractivity contribution >= 4 is 17.5 Å². The third kappa shape index (κ3) is 3.27. The second-order valence-corrected chi connectivity index (χ2v) is 4.10. The molecule has 18 heavy (non-hydrogen) atoms. The first-order valence-electron chi connectivity index (χ1n) is 5.39. The van der Waals surface area contributed by atoms with Gasteiger partial charge < -0.3 is 5.32 Å². The molecule has 0 saturated heterocycles. The molecule has 0 atom stereocenters. The van der Waals surface area contributed by atoms with Crippen LogP contribution in [0.15, 0.2) is 24.7 Å². The summed E-state index contributed by atoms with van der Waals surface area (Å²) in [4.78, 5) is 19.4. The summed E-state index contributed by atoms with van der Waals surface area (Å²) in [6.45, 7) is 0.490. The third-order valence-electron chi connectivity index (χ3n) is 2.27. The zero-order valence-corrected chi connectivity index (χ0v) is 10.6. The third-order valence-corrected chi connectivity index (χ3v) is 2.46. The number of aryl methyl sites for hydroxylation is 1. The summed E-state index contributed by atoms with van der Waals surface area (Å²) in [5.74, 6) is -0.291. The first kappa shape index (κ1) is 12.5. The van der Waals surface area contributed by atoms with Crippen LogP contribution in [0.25, 0.3) is 0 Å². The Hall–Kier alpha value is -1.95. The van der Waals surface area contributed by atoms with E-state index < -0.39 is 0 Å². The van der Waals surface area contributed by atoms with E-state index in [2.05, 4.69) is 20.4 Å². The molecule has 7 heteroatoms. The zero-order valence-electron chi connectivity index (χ0n) is 9.80. The van der Waals surface area contributed by atoms with Gasteiger partial charge in [0.2, 0.25) is 0 Å². The Labute approximate surface area is 109 Å². The van der Waals surface area contributed by atoms with Crippen molar-refractivity contribution < 1.29 is 4.79 Å². The molecule has 94 valence electrons. The highest BCUT2D eigenvalue weighted by Crippen LogP contribution is 2.02. The van der Waals surface area contributed by atoms with Crippen molar-refractivity contribution in [2.24, 2.45) is 7.05 Å². The molecule has 0 fully saturated rings. The Bertz CT molecular complexity index is 554. The van der Waals surface area contributed by atoms with Crippen molar-refractivity contribution in [2.45, 2.75) is 6.42 Å². The van der Waals surface area contributed by atoms with Crippen molar-refractivity contribution in [3.8, 4) is 0 Å². The average Bonchev–Trinajstić information content (AvgIpc) is 2.75. The van der Waals surface area contributed by atoms with Crippen molar-refractivity contribution in [1.82, 2.24) is 25.1 Å². The molecule has 2 aromatic heterocycles. The van der Waals surface area contributed by atoms with E-state index in [1.165, 1.54) is 12.4 Å². The predicted molar refractivity (Wildman–Crippen MR) is 66.3 cm³/mol. The van der Waals surface area contributed by atoms with Crippen molar-refractivity contribution in [2.75, 3.05) is 6.54 Å². The standard InChI is InChI=1S/C11H12ClN5O/c1-17-5-3-8(16-17)2-4-14-11(18)9-6-13-7-10(12)15-9/h3,5-7H,2,4H2,1H3,(H,14,18). The van der Waals surface area contributed by atoms with Crippen LogP contribution in [0, 0.1) is 0 Å². The van der Waals surface area contributed by atoms with Crippen LogP contribution in [0.3, 0.4) is 0 Å². The maximum atomic E-state index is 11.7. The summed E-state index contributed by atoms with van der Waals surface area (Å²) in [5, 5.41) is 7.15. The molecule has 0 unspecified atom stereocenters. The molecular weight excluding hydrogens is 254 g/mol. The van der Waals surface area contributed by atoms with Gasteiger partial charge in [-0.15, -0.1) is 0 Å². The van der Waals surface area contributed by atoms with Gasteiger partial charge in [0.1, 0.15) is 10.8 Å². The largest absolute Gasteiger partial charge is 0.350 e. The summed E-state index contributed by atoms with van der Waals surface area (Å²) >= 11 is 5.66. The number of amides is 1. The molecule has 0 spiro atoms. The van der Waals surface area contributed by atoms with E-state index in [-0.39, 0.29) is 16.8 Å². The lowest BCUT2D eigenvalue weighted by Gasteiger charge is -2.03. The molecular formula is C11H12ClN5O. The number of carbonyl (C=O) groups is 1. The first-order valence-corrected chi connectivity index (χ1v) is 5.77. The van der Waals surface area contributed by atoms with Gasteiger partial charge in [0.05, 0.1) is 18.1 Å². The van der Waals surface area contributed by atoms with Crippen LogP contribution in [0.5, 0.6) is 0 Å². The van der Waals surface area contributed by atoms with Crippen LogP contribution in [0.2, 0.25) is 5.15 Å². The van der Waals surface area contributed by atoms with Crippen LogP contribution >= 0.6 is 11.6 Å². The van der Waals surface area contributed by atoms with Gasteiger partial charge in [0, 0.05) is 26.2 Å². The lowest BCUT2D eigenvalue weighted by atomic mass is 10.3. The minimum atomic E-state index is -0.291. The fraction of sp³-hybridized carbons (Fsp3) is 0.273. The highest BCUT2D eigenvalue weighted by Gasteiger charge is 2.07. The van der Waals surface area contributed by atoms with Gasteiger partial charge in [-0.2, -0.15) is 5.10 Å². The van der Waals surface area contributed by atoms with Gasteiger partial charge in [-0.1, -0.05) is 11.6 Å². The smallest absolute Gasteiger partial charge is 0.271 e. The van der Waals surface area contributed by atoms with Crippen molar-refractivity contribution in [1.29, 1.82) is 0 Å². The Morgan fingerprint density at radius 3 is 3.00 bits per heavy atom. The van der Waals surface area contributed by atoms with Gasteiger partial charge in [0.25, 0.3) is 5.91 Å². The number of carbonyl (C=O) groups excluding carboxylic acids is 1. The number of halogens is 1. The second-order valence-electron chi connectivity index (χ2n) is 3.71. The van der Waals surface area contributed by atoms with E-state index in [0.717, 1.165) is 5.69 Å². The molecule has 0 radical (unpaired) electrons. The normalized spacial score (nSPS) is 10.3. The summed E-state index contributed by atoms with van der Waals surface area (Å²) in [7, 11) is 1.85. The number of nitrogens with zero attached hydrogens (tertiary/aromatic N) is 4. The molecule has 2 aromatic rings. The zero-order chi connectivity index (χ0) is 13.0. The number of nitrogens with one attached hydrogen (secondary N) is 1. The van der Waals surface area contributed by atoms with Crippen molar-refractivity contribution in [3.63, 3.8) is 0 Å². The van der Waals surface area contributed by atoms with Crippen LogP contribution in [0.1, 0.15) is 16.2 Å².